The normalized spacial score (nSPS) is 14.0. The molecule has 0 aliphatic heterocycles. The minimum absolute atomic E-state index is 0.00819. The number of aliphatic hydroxyl groups is 2. The van der Waals surface area contributed by atoms with E-state index in [1.807, 2.05) is 0 Å². The number of carbonyl (C=O) groups is 1. The Morgan fingerprint density at radius 2 is 2.07 bits per heavy atom. The Hall–Kier alpha value is -1.77. The molecule has 0 radical (unpaired) electrons. The number of hydrogen-bond donors (Lipinski definition) is 2. The molecule has 5 heteroatoms. The standard InChI is InChI=1S/C10H8FNO3/c11-8-2-6(5-13)1-7(3-8)10(15)9(14)4-12/h1-3,5,9-10,14-15H. The van der Waals surface area contributed by atoms with E-state index < -0.39 is 18.0 Å². The quantitative estimate of drug-likeness (QED) is 0.562. The van der Waals surface area contributed by atoms with Crippen molar-refractivity contribution in [3.05, 3.63) is 35.1 Å². The first kappa shape index (κ1) is 11.3. The lowest BCUT2D eigenvalue weighted by Crippen LogP contribution is -2.16. The van der Waals surface area contributed by atoms with Crippen LogP contribution in [0.2, 0.25) is 0 Å². The highest BCUT2D eigenvalue weighted by Gasteiger charge is 2.18. The topological polar surface area (TPSA) is 81.3 Å². The van der Waals surface area contributed by atoms with Gasteiger partial charge in [-0.25, -0.2) is 4.39 Å². The summed E-state index contributed by atoms with van der Waals surface area (Å²) in [4.78, 5) is 10.4. The van der Waals surface area contributed by atoms with Gasteiger partial charge in [0.25, 0.3) is 0 Å². The molecule has 0 amide bonds. The van der Waals surface area contributed by atoms with Crippen molar-refractivity contribution in [3.8, 4) is 6.07 Å². The average Bonchev–Trinajstić information content (AvgIpc) is 2.26. The highest BCUT2D eigenvalue weighted by atomic mass is 19.1. The monoisotopic (exact) mass is 209 g/mol. The van der Waals surface area contributed by atoms with Crippen molar-refractivity contribution < 1.29 is 19.4 Å². The van der Waals surface area contributed by atoms with Gasteiger partial charge in [0, 0.05) is 5.56 Å². The summed E-state index contributed by atoms with van der Waals surface area (Å²) in [6.07, 6.45) is -2.76. The number of hydrogen-bond acceptors (Lipinski definition) is 4. The molecular formula is C10H8FNO3. The second-order valence-electron chi connectivity index (χ2n) is 2.95. The molecule has 1 aromatic carbocycles. The number of nitrogens with zero attached hydrogens (tertiary/aromatic N) is 1. The van der Waals surface area contributed by atoms with Gasteiger partial charge >= 0.3 is 0 Å². The highest BCUT2D eigenvalue weighted by molar-refractivity contribution is 5.75. The second-order valence-corrected chi connectivity index (χ2v) is 2.95. The first-order chi connectivity index (χ1) is 7.08. The summed E-state index contributed by atoms with van der Waals surface area (Å²) in [5.74, 6) is -0.709. The average molecular weight is 209 g/mol. The Balaban J connectivity index is 3.09. The molecule has 0 saturated heterocycles. The van der Waals surface area contributed by atoms with E-state index in [1.54, 1.807) is 0 Å². The summed E-state index contributed by atoms with van der Waals surface area (Å²) in [7, 11) is 0. The smallest absolute Gasteiger partial charge is 0.170 e. The minimum atomic E-state index is -1.65. The third-order valence-corrected chi connectivity index (χ3v) is 1.85. The maximum Gasteiger partial charge on any atom is 0.170 e. The van der Waals surface area contributed by atoms with Crippen molar-refractivity contribution in [1.82, 2.24) is 0 Å². The Bertz CT molecular complexity index is 414. The van der Waals surface area contributed by atoms with Crippen LogP contribution in [0.3, 0.4) is 0 Å². The summed E-state index contributed by atoms with van der Waals surface area (Å²) in [5.41, 5.74) is 0.0281. The van der Waals surface area contributed by atoms with E-state index in [-0.39, 0.29) is 11.1 Å². The van der Waals surface area contributed by atoms with Gasteiger partial charge in [0.05, 0.1) is 6.07 Å². The molecule has 0 saturated carbocycles. The number of aliphatic hydroxyl groups excluding tert-OH is 2. The number of rotatable bonds is 3. The largest absolute Gasteiger partial charge is 0.385 e. The molecule has 1 rings (SSSR count). The molecule has 1 aromatic rings. The van der Waals surface area contributed by atoms with Gasteiger partial charge in [0.15, 0.2) is 6.10 Å². The molecule has 0 spiro atoms. The van der Waals surface area contributed by atoms with Crippen molar-refractivity contribution in [2.45, 2.75) is 12.2 Å². The van der Waals surface area contributed by atoms with Crippen LogP contribution in [0.4, 0.5) is 4.39 Å². The van der Waals surface area contributed by atoms with Crippen molar-refractivity contribution in [3.63, 3.8) is 0 Å². The van der Waals surface area contributed by atoms with Gasteiger partial charge in [-0.3, -0.25) is 4.79 Å². The van der Waals surface area contributed by atoms with Crippen LogP contribution in [0.5, 0.6) is 0 Å². The third kappa shape index (κ3) is 2.59. The number of aldehydes is 1. The maximum atomic E-state index is 12.9. The zero-order valence-corrected chi connectivity index (χ0v) is 7.59. The van der Waals surface area contributed by atoms with Gasteiger partial charge in [-0.1, -0.05) is 0 Å². The van der Waals surface area contributed by atoms with Crippen molar-refractivity contribution >= 4 is 6.29 Å². The van der Waals surface area contributed by atoms with Crippen LogP contribution in [0, 0.1) is 17.1 Å². The first-order valence-corrected chi connectivity index (χ1v) is 4.10. The number of nitriles is 1. The predicted molar refractivity (Wildman–Crippen MR) is 48.4 cm³/mol. The Labute approximate surface area is 85.2 Å². The van der Waals surface area contributed by atoms with Crippen molar-refractivity contribution in [2.75, 3.05) is 0 Å². The molecule has 2 N–H and O–H groups in total. The van der Waals surface area contributed by atoms with E-state index in [1.165, 1.54) is 12.1 Å². The Morgan fingerprint density at radius 1 is 1.40 bits per heavy atom. The van der Waals surface area contributed by atoms with Crippen molar-refractivity contribution in [1.29, 1.82) is 5.26 Å². The van der Waals surface area contributed by atoms with E-state index in [9.17, 15) is 14.3 Å². The fourth-order valence-electron chi connectivity index (χ4n) is 1.13. The van der Waals surface area contributed by atoms with Crippen molar-refractivity contribution in [2.24, 2.45) is 0 Å². The molecular weight excluding hydrogens is 201 g/mol. The molecule has 0 heterocycles. The molecule has 4 nitrogen and oxygen atoms in total. The van der Waals surface area contributed by atoms with E-state index in [0.717, 1.165) is 12.1 Å². The molecule has 15 heavy (non-hydrogen) atoms. The SMILES string of the molecule is N#CC(O)C(O)c1cc(F)cc(C=O)c1. The lowest BCUT2D eigenvalue weighted by Gasteiger charge is -2.12. The van der Waals surface area contributed by atoms with Crippen LogP contribution in [0.15, 0.2) is 18.2 Å². The maximum absolute atomic E-state index is 12.9. The highest BCUT2D eigenvalue weighted by Crippen LogP contribution is 2.19. The fraction of sp³-hybridized carbons (Fsp3) is 0.200. The van der Waals surface area contributed by atoms with Crippen LogP contribution in [0.1, 0.15) is 22.0 Å². The molecule has 0 aromatic heterocycles. The molecule has 2 unspecified atom stereocenters. The van der Waals surface area contributed by atoms with Gasteiger partial charge in [0.1, 0.15) is 18.2 Å². The zero-order chi connectivity index (χ0) is 11.4. The van der Waals surface area contributed by atoms with Gasteiger partial charge in [-0.15, -0.1) is 0 Å². The summed E-state index contributed by atoms with van der Waals surface area (Å²) in [6, 6.07) is 4.57. The predicted octanol–water partition coefficient (Wildman–Crippen LogP) is 0.556. The van der Waals surface area contributed by atoms with Crippen LogP contribution >= 0.6 is 0 Å². The number of benzene rings is 1. The molecule has 0 fully saturated rings. The van der Waals surface area contributed by atoms with Gasteiger partial charge in [-0.2, -0.15) is 5.26 Å². The minimum Gasteiger partial charge on any atom is -0.385 e. The fourth-order valence-corrected chi connectivity index (χ4v) is 1.13. The number of carbonyl (C=O) groups excluding carboxylic acids is 1. The molecule has 0 aliphatic carbocycles. The Morgan fingerprint density at radius 3 is 2.60 bits per heavy atom. The van der Waals surface area contributed by atoms with Crippen LogP contribution < -0.4 is 0 Å². The van der Waals surface area contributed by atoms with Gasteiger partial charge in [-0.05, 0) is 23.8 Å². The summed E-state index contributed by atoms with van der Waals surface area (Å²) in [5, 5.41) is 26.7. The van der Waals surface area contributed by atoms with E-state index in [2.05, 4.69) is 0 Å². The van der Waals surface area contributed by atoms with Gasteiger partial charge < -0.3 is 10.2 Å². The summed E-state index contributed by atoms with van der Waals surface area (Å²) < 4.78 is 12.9. The molecule has 2 atom stereocenters. The third-order valence-electron chi connectivity index (χ3n) is 1.85. The number of halogens is 1. The van der Waals surface area contributed by atoms with E-state index in [0.29, 0.717) is 6.29 Å². The van der Waals surface area contributed by atoms with Crippen LogP contribution in [0.25, 0.3) is 0 Å². The van der Waals surface area contributed by atoms with Crippen LogP contribution in [-0.4, -0.2) is 22.6 Å². The molecule has 78 valence electrons. The summed E-state index contributed by atoms with van der Waals surface area (Å²) in [6.45, 7) is 0. The zero-order valence-electron chi connectivity index (χ0n) is 7.59. The van der Waals surface area contributed by atoms with E-state index in [4.69, 9.17) is 10.4 Å². The lowest BCUT2D eigenvalue weighted by atomic mass is 10.0. The lowest BCUT2D eigenvalue weighted by molar-refractivity contribution is 0.0525. The molecule has 0 bridgehead atoms. The summed E-state index contributed by atoms with van der Waals surface area (Å²) >= 11 is 0. The van der Waals surface area contributed by atoms with Crippen LogP contribution in [-0.2, 0) is 0 Å². The van der Waals surface area contributed by atoms with Gasteiger partial charge in [0.2, 0.25) is 0 Å². The molecule has 0 aliphatic rings. The Kier molecular flexibility index (Phi) is 3.50. The van der Waals surface area contributed by atoms with E-state index >= 15 is 0 Å². The first-order valence-electron chi connectivity index (χ1n) is 4.10. The second kappa shape index (κ2) is 4.64.